The third-order valence-corrected chi connectivity index (χ3v) is 4.97. The molecule has 23 heavy (non-hydrogen) atoms. The van der Waals surface area contributed by atoms with Gasteiger partial charge in [0.05, 0.1) is 0 Å². The van der Waals surface area contributed by atoms with Crippen molar-refractivity contribution in [1.82, 2.24) is 9.88 Å². The molecule has 0 amide bonds. The van der Waals surface area contributed by atoms with E-state index in [1.807, 2.05) is 12.4 Å². The van der Waals surface area contributed by atoms with Crippen LogP contribution in [0.2, 0.25) is 0 Å². The highest BCUT2D eigenvalue weighted by Crippen LogP contribution is 2.33. The van der Waals surface area contributed by atoms with Crippen molar-refractivity contribution in [1.29, 1.82) is 0 Å². The van der Waals surface area contributed by atoms with Gasteiger partial charge in [0, 0.05) is 32.0 Å². The van der Waals surface area contributed by atoms with Crippen LogP contribution in [0.4, 0.5) is 4.39 Å². The second kappa shape index (κ2) is 6.28. The quantitative estimate of drug-likeness (QED) is 0.865. The van der Waals surface area contributed by atoms with E-state index in [4.69, 9.17) is 4.74 Å². The standard InChI is InChI=1S/C19H21FN2O/c20-16-3-5-17(6-4-16)23-18-8-10-22(13-18)12-15-2-1-14-11-21-9-7-19(14)15/h3-7,9,11,15,18H,1-2,8,10,12-13H2/t15?,18-/m1/s1. The van der Waals surface area contributed by atoms with Crippen LogP contribution in [0, 0.1) is 5.82 Å². The van der Waals surface area contributed by atoms with E-state index >= 15 is 0 Å². The summed E-state index contributed by atoms with van der Waals surface area (Å²) in [6.45, 7) is 3.12. The Morgan fingerprint density at radius 1 is 1.17 bits per heavy atom. The van der Waals surface area contributed by atoms with E-state index in [9.17, 15) is 4.39 Å². The molecule has 4 heteroatoms. The lowest BCUT2D eigenvalue weighted by Crippen LogP contribution is -2.28. The van der Waals surface area contributed by atoms with Gasteiger partial charge >= 0.3 is 0 Å². The molecule has 0 radical (unpaired) electrons. The van der Waals surface area contributed by atoms with E-state index in [2.05, 4.69) is 16.0 Å². The zero-order chi connectivity index (χ0) is 15.6. The molecule has 2 heterocycles. The molecule has 1 unspecified atom stereocenters. The molecule has 0 saturated carbocycles. The van der Waals surface area contributed by atoms with Gasteiger partial charge in [0.15, 0.2) is 0 Å². The topological polar surface area (TPSA) is 25.4 Å². The SMILES string of the molecule is Fc1ccc(O[C@@H]2CCN(CC3CCc4cnccc43)C2)cc1. The Morgan fingerprint density at radius 2 is 2.04 bits per heavy atom. The summed E-state index contributed by atoms with van der Waals surface area (Å²) in [5.41, 5.74) is 2.89. The molecule has 1 saturated heterocycles. The molecule has 4 rings (SSSR count). The highest BCUT2D eigenvalue weighted by molar-refractivity contribution is 5.32. The Morgan fingerprint density at radius 3 is 2.91 bits per heavy atom. The molecule has 1 aromatic heterocycles. The summed E-state index contributed by atoms with van der Waals surface area (Å²) >= 11 is 0. The first kappa shape index (κ1) is 14.6. The van der Waals surface area contributed by atoms with Crippen LogP contribution in [0.5, 0.6) is 5.75 Å². The molecule has 2 aliphatic rings. The summed E-state index contributed by atoms with van der Waals surface area (Å²) in [5, 5.41) is 0. The lowest BCUT2D eigenvalue weighted by atomic mass is 10.0. The number of pyridine rings is 1. The van der Waals surface area contributed by atoms with Gasteiger partial charge in [-0.2, -0.15) is 0 Å². The molecule has 0 bridgehead atoms. The number of nitrogens with zero attached hydrogens (tertiary/aromatic N) is 2. The monoisotopic (exact) mass is 312 g/mol. The molecule has 0 N–H and O–H groups in total. The average Bonchev–Trinajstić information content (AvgIpc) is 3.18. The van der Waals surface area contributed by atoms with E-state index in [-0.39, 0.29) is 11.9 Å². The van der Waals surface area contributed by atoms with Crippen LogP contribution in [-0.4, -0.2) is 35.6 Å². The molecule has 0 spiro atoms. The van der Waals surface area contributed by atoms with Crippen molar-refractivity contribution >= 4 is 0 Å². The van der Waals surface area contributed by atoms with Crippen LogP contribution in [-0.2, 0) is 6.42 Å². The van der Waals surface area contributed by atoms with E-state index < -0.39 is 0 Å². The van der Waals surface area contributed by atoms with Crippen molar-refractivity contribution in [3.05, 3.63) is 59.7 Å². The molecule has 120 valence electrons. The zero-order valence-corrected chi connectivity index (χ0v) is 13.1. The zero-order valence-electron chi connectivity index (χ0n) is 13.1. The minimum absolute atomic E-state index is 0.207. The van der Waals surface area contributed by atoms with Crippen LogP contribution >= 0.6 is 0 Å². The van der Waals surface area contributed by atoms with Gasteiger partial charge in [0.25, 0.3) is 0 Å². The third-order valence-electron chi connectivity index (χ3n) is 4.97. The Labute approximate surface area is 136 Å². The van der Waals surface area contributed by atoms with E-state index in [0.717, 1.165) is 38.2 Å². The van der Waals surface area contributed by atoms with E-state index in [1.54, 1.807) is 12.1 Å². The molecular weight excluding hydrogens is 291 g/mol. The second-order valence-electron chi connectivity index (χ2n) is 6.55. The lowest BCUT2D eigenvalue weighted by Gasteiger charge is -2.21. The van der Waals surface area contributed by atoms with Gasteiger partial charge in [0.1, 0.15) is 17.7 Å². The van der Waals surface area contributed by atoms with Gasteiger partial charge in [-0.3, -0.25) is 9.88 Å². The van der Waals surface area contributed by atoms with Crippen LogP contribution in [0.15, 0.2) is 42.7 Å². The highest BCUT2D eigenvalue weighted by Gasteiger charge is 2.29. The van der Waals surface area contributed by atoms with Crippen molar-refractivity contribution in [3.63, 3.8) is 0 Å². The molecular formula is C19H21FN2O. The van der Waals surface area contributed by atoms with Crippen molar-refractivity contribution in [2.24, 2.45) is 0 Å². The van der Waals surface area contributed by atoms with Crippen molar-refractivity contribution in [3.8, 4) is 5.75 Å². The second-order valence-corrected chi connectivity index (χ2v) is 6.55. The molecule has 2 aromatic rings. The Balaban J connectivity index is 1.33. The maximum Gasteiger partial charge on any atom is 0.123 e. The number of halogens is 1. The summed E-state index contributed by atoms with van der Waals surface area (Å²) < 4.78 is 18.9. The molecule has 2 atom stereocenters. The first-order valence-electron chi connectivity index (χ1n) is 8.35. The number of likely N-dealkylation sites (tertiary alicyclic amines) is 1. The highest BCUT2D eigenvalue weighted by atomic mass is 19.1. The van der Waals surface area contributed by atoms with Gasteiger partial charge in [-0.25, -0.2) is 4.39 Å². The van der Waals surface area contributed by atoms with E-state index in [0.29, 0.717) is 5.92 Å². The van der Waals surface area contributed by atoms with Gasteiger partial charge in [-0.15, -0.1) is 0 Å². The first-order chi connectivity index (χ1) is 11.3. The summed E-state index contributed by atoms with van der Waals surface area (Å²) in [7, 11) is 0. The van der Waals surface area contributed by atoms with Crippen LogP contribution in [0.25, 0.3) is 0 Å². The van der Waals surface area contributed by atoms with Gasteiger partial charge in [-0.05, 0) is 66.6 Å². The van der Waals surface area contributed by atoms with Crippen molar-refractivity contribution < 1.29 is 9.13 Å². The van der Waals surface area contributed by atoms with Crippen LogP contribution < -0.4 is 4.74 Å². The number of aryl methyl sites for hydroxylation is 1. The first-order valence-corrected chi connectivity index (χ1v) is 8.35. The molecule has 1 fully saturated rings. The fourth-order valence-corrected chi connectivity index (χ4v) is 3.80. The Kier molecular flexibility index (Phi) is 4.00. The summed E-state index contributed by atoms with van der Waals surface area (Å²) in [6.07, 6.45) is 7.53. The summed E-state index contributed by atoms with van der Waals surface area (Å²) in [4.78, 5) is 6.72. The largest absolute Gasteiger partial charge is 0.489 e. The summed E-state index contributed by atoms with van der Waals surface area (Å²) in [6, 6.07) is 8.49. The molecule has 1 aliphatic heterocycles. The molecule has 1 aromatic carbocycles. The maximum absolute atomic E-state index is 12.9. The van der Waals surface area contributed by atoms with E-state index in [1.165, 1.54) is 29.7 Å². The van der Waals surface area contributed by atoms with Gasteiger partial charge in [0.2, 0.25) is 0 Å². The van der Waals surface area contributed by atoms with Gasteiger partial charge < -0.3 is 4.74 Å². The number of aromatic nitrogens is 1. The molecule has 3 nitrogen and oxygen atoms in total. The Hall–Kier alpha value is -1.94. The summed E-state index contributed by atoms with van der Waals surface area (Å²) in [5.74, 6) is 1.16. The van der Waals surface area contributed by atoms with Crippen LogP contribution in [0.1, 0.15) is 29.9 Å². The maximum atomic E-state index is 12.9. The Bertz CT molecular complexity index is 673. The lowest BCUT2D eigenvalue weighted by molar-refractivity contribution is 0.197. The third kappa shape index (κ3) is 3.22. The average molecular weight is 312 g/mol. The predicted octanol–water partition coefficient (Wildman–Crippen LogP) is 3.40. The van der Waals surface area contributed by atoms with Crippen molar-refractivity contribution in [2.75, 3.05) is 19.6 Å². The predicted molar refractivity (Wildman–Crippen MR) is 87.2 cm³/mol. The minimum Gasteiger partial charge on any atom is -0.489 e. The smallest absolute Gasteiger partial charge is 0.123 e. The van der Waals surface area contributed by atoms with Gasteiger partial charge in [-0.1, -0.05) is 0 Å². The van der Waals surface area contributed by atoms with Crippen LogP contribution in [0.3, 0.4) is 0 Å². The number of hydrogen-bond acceptors (Lipinski definition) is 3. The minimum atomic E-state index is -0.222. The fraction of sp³-hybridized carbons (Fsp3) is 0.421. The fourth-order valence-electron chi connectivity index (χ4n) is 3.80. The number of rotatable bonds is 4. The number of hydrogen-bond donors (Lipinski definition) is 0. The number of benzene rings is 1. The van der Waals surface area contributed by atoms with Crippen molar-refractivity contribution in [2.45, 2.75) is 31.3 Å². The number of fused-ring (bicyclic) bond motifs is 1. The normalized spacial score (nSPS) is 23.9. The molecule has 1 aliphatic carbocycles. The number of ether oxygens (including phenoxy) is 1.